The summed E-state index contributed by atoms with van der Waals surface area (Å²) in [7, 11) is 0. The highest BCUT2D eigenvalue weighted by Crippen LogP contribution is 2.26. The molecule has 0 aliphatic carbocycles. The lowest BCUT2D eigenvalue weighted by Gasteiger charge is -2.08. The van der Waals surface area contributed by atoms with Gasteiger partial charge in [0.1, 0.15) is 0 Å². The lowest BCUT2D eigenvalue weighted by molar-refractivity contribution is -0.385. The number of aryl methyl sites for hydroxylation is 1. The van der Waals surface area contributed by atoms with Crippen LogP contribution in [0.4, 0.5) is 5.69 Å². The number of hydrogen-bond donors (Lipinski definition) is 1. The SMILES string of the molecule is Cc1cn(-c2ccc([N+](=O)[O-])c(Br)c2)nc(C(=O)O)c1=O. The van der Waals surface area contributed by atoms with Gasteiger partial charge in [-0.1, -0.05) is 0 Å². The van der Waals surface area contributed by atoms with E-state index in [9.17, 15) is 19.7 Å². The first-order valence-electron chi connectivity index (χ1n) is 5.59. The number of carboxylic acids is 1. The molecule has 1 heterocycles. The molecule has 0 unspecified atom stereocenters. The Bertz CT molecular complexity index is 815. The largest absolute Gasteiger partial charge is 0.476 e. The van der Waals surface area contributed by atoms with E-state index in [4.69, 9.17) is 5.11 Å². The van der Waals surface area contributed by atoms with Crippen molar-refractivity contribution < 1.29 is 14.8 Å². The zero-order valence-corrected chi connectivity index (χ0v) is 12.2. The van der Waals surface area contributed by atoms with Crippen LogP contribution >= 0.6 is 15.9 Å². The summed E-state index contributed by atoms with van der Waals surface area (Å²) < 4.78 is 1.41. The highest BCUT2D eigenvalue weighted by Gasteiger charge is 2.16. The fourth-order valence-electron chi connectivity index (χ4n) is 1.67. The maximum absolute atomic E-state index is 11.6. The van der Waals surface area contributed by atoms with Crippen LogP contribution in [0.3, 0.4) is 0 Å². The standard InChI is InChI=1S/C12H8BrN3O5/c1-6-5-15(14-10(11(6)17)12(18)19)7-2-3-9(16(20)21)8(13)4-7/h2-5H,1H3,(H,18,19). The number of rotatable bonds is 3. The molecule has 8 nitrogen and oxygen atoms in total. The summed E-state index contributed by atoms with van der Waals surface area (Å²) in [5, 5.41) is 23.4. The van der Waals surface area contributed by atoms with Crippen LogP contribution in [0.1, 0.15) is 16.1 Å². The van der Waals surface area contributed by atoms with Gasteiger partial charge in [0.15, 0.2) is 0 Å². The molecule has 0 fully saturated rings. The van der Waals surface area contributed by atoms with Crippen molar-refractivity contribution in [3.05, 3.63) is 60.5 Å². The van der Waals surface area contributed by atoms with E-state index in [1.165, 1.54) is 36.0 Å². The van der Waals surface area contributed by atoms with Crippen LogP contribution in [-0.2, 0) is 0 Å². The number of hydrogen-bond acceptors (Lipinski definition) is 5. The van der Waals surface area contributed by atoms with Crippen molar-refractivity contribution in [2.45, 2.75) is 6.92 Å². The van der Waals surface area contributed by atoms with Gasteiger partial charge in [-0.3, -0.25) is 14.9 Å². The number of nitrogens with zero attached hydrogens (tertiary/aromatic N) is 3. The quantitative estimate of drug-likeness (QED) is 0.665. The van der Waals surface area contributed by atoms with Gasteiger partial charge < -0.3 is 5.11 Å². The van der Waals surface area contributed by atoms with Gasteiger partial charge in [0.05, 0.1) is 15.1 Å². The highest BCUT2D eigenvalue weighted by atomic mass is 79.9. The molecule has 1 aromatic carbocycles. The molecule has 9 heteroatoms. The molecular formula is C12H8BrN3O5. The second kappa shape index (κ2) is 5.44. The number of nitro groups is 1. The lowest BCUT2D eigenvalue weighted by atomic mass is 10.2. The molecule has 0 atom stereocenters. The minimum Gasteiger partial charge on any atom is -0.476 e. The minimum atomic E-state index is -1.43. The van der Waals surface area contributed by atoms with Crippen molar-refractivity contribution in [1.82, 2.24) is 9.78 Å². The van der Waals surface area contributed by atoms with Gasteiger partial charge in [-0.05, 0) is 35.0 Å². The maximum atomic E-state index is 11.6. The Kier molecular flexibility index (Phi) is 3.85. The second-order valence-electron chi connectivity index (χ2n) is 4.13. The van der Waals surface area contributed by atoms with Gasteiger partial charge >= 0.3 is 5.97 Å². The third-order valence-electron chi connectivity index (χ3n) is 2.69. The first-order chi connectivity index (χ1) is 9.81. The summed E-state index contributed by atoms with van der Waals surface area (Å²) in [6, 6.07) is 4.08. The van der Waals surface area contributed by atoms with Crippen molar-refractivity contribution >= 4 is 27.6 Å². The number of nitro benzene ring substituents is 1. The monoisotopic (exact) mass is 353 g/mol. The molecule has 0 saturated carbocycles. The third kappa shape index (κ3) is 2.82. The molecule has 0 aliphatic rings. The zero-order chi connectivity index (χ0) is 15.7. The van der Waals surface area contributed by atoms with Gasteiger partial charge in [0.2, 0.25) is 11.1 Å². The summed E-state index contributed by atoms with van der Waals surface area (Å²) in [6.45, 7) is 1.47. The molecule has 1 aromatic heterocycles. The smallest absolute Gasteiger partial charge is 0.360 e. The van der Waals surface area contributed by atoms with E-state index in [1.807, 2.05) is 0 Å². The van der Waals surface area contributed by atoms with Gasteiger partial charge in [-0.25, -0.2) is 9.48 Å². The molecule has 21 heavy (non-hydrogen) atoms. The minimum absolute atomic E-state index is 0.130. The second-order valence-corrected chi connectivity index (χ2v) is 4.99. The van der Waals surface area contributed by atoms with E-state index in [-0.39, 0.29) is 15.7 Å². The predicted octanol–water partition coefficient (Wildman–Crippen LogP) is 1.91. The summed E-state index contributed by atoms with van der Waals surface area (Å²) in [5.74, 6) is -1.43. The number of carbonyl (C=O) groups is 1. The van der Waals surface area contributed by atoms with E-state index in [0.717, 1.165) is 0 Å². The fourth-order valence-corrected chi connectivity index (χ4v) is 2.18. The van der Waals surface area contributed by atoms with Crippen LogP contribution < -0.4 is 5.43 Å². The Morgan fingerprint density at radius 2 is 2.14 bits per heavy atom. The maximum Gasteiger partial charge on any atom is 0.360 e. The lowest BCUT2D eigenvalue weighted by Crippen LogP contribution is -2.23. The molecule has 1 N–H and O–H groups in total. The third-order valence-corrected chi connectivity index (χ3v) is 3.33. The fraction of sp³-hybridized carbons (Fsp3) is 0.0833. The number of halogens is 1. The molecule has 0 radical (unpaired) electrons. The van der Waals surface area contributed by atoms with Crippen molar-refractivity contribution in [3.63, 3.8) is 0 Å². The molecule has 2 rings (SSSR count). The summed E-state index contributed by atoms with van der Waals surface area (Å²) in [5.41, 5.74) is -0.811. The van der Waals surface area contributed by atoms with Crippen molar-refractivity contribution in [1.29, 1.82) is 0 Å². The van der Waals surface area contributed by atoms with Crippen molar-refractivity contribution in [2.75, 3.05) is 0 Å². The Morgan fingerprint density at radius 1 is 1.48 bits per heavy atom. The van der Waals surface area contributed by atoms with Gasteiger partial charge in [0.25, 0.3) is 5.69 Å². The molecule has 0 saturated heterocycles. The molecule has 0 amide bonds. The number of aromatic nitrogens is 2. The Balaban J connectivity index is 2.62. The van der Waals surface area contributed by atoms with Crippen LogP contribution in [-0.4, -0.2) is 25.8 Å². The molecule has 0 spiro atoms. The average molecular weight is 354 g/mol. The molecule has 0 aliphatic heterocycles. The Labute approximate surface area is 125 Å². The Morgan fingerprint density at radius 3 is 2.67 bits per heavy atom. The van der Waals surface area contributed by atoms with Crippen LogP contribution in [0.2, 0.25) is 0 Å². The van der Waals surface area contributed by atoms with Gasteiger partial charge in [0, 0.05) is 17.8 Å². The van der Waals surface area contributed by atoms with Crippen molar-refractivity contribution in [3.8, 4) is 5.69 Å². The van der Waals surface area contributed by atoms with E-state index in [1.54, 1.807) is 0 Å². The molecule has 108 valence electrons. The van der Waals surface area contributed by atoms with Crippen LogP contribution in [0, 0.1) is 17.0 Å². The summed E-state index contributed by atoms with van der Waals surface area (Å²) in [4.78, 5) is 32.8. The topological polar surface area (TPSA) is 115 Å². The van der Waals surface area contributed by atoms with Crippen molar-refractivity contribution in [2.24, 2.45) is 0 Å². The number of aromatic carboxylic acids is 1. The normalized spacial score (nSPS) is 10.4. The predicted molar refractivity (Wildman–Crippen MR) is 75.9 cm³/mol. The zero-order valence-electron chi connectivity index (χ0n) is 10.6. The first-order valence-corrected chi connectivity index (χ1v) is 6.38. The van der Waals surface area contributed by atoms with Gasteiger partial charge in [-0.2, -0.15) is 5.10 Å². The van der Waals surface area contributed by atoms with E-state index in [0.29, 0.717) is 5.69 Å². The van der Waals surface area contributed by atoms with Crippen LogP contribution in [0.15, 0.2) is 33.7 Å². The Hall–Kier alpha value is -2.55. The first kappa shape index (κ1) is 14.9. The van der Waals surface area contributed by atoms with Crippen LogP contribution in [0.25, 0.3) is 5.69 Å². The molecule has 0 bridgehead atoms. The highest BCUT2D eigenvalue weighted by molar-refractivity contribution is 9.10. The van der Waals surface area contributed by atoms with E-state index >= 15 is 0 Å². The molecular weight excluding hydrogens is 346 g/mol. The average Bonchev–Trinajstić information content (AvgIpc) is 2.40. The summed E-state index contributed by atoms with van der Waals surface area (Å²) in [6.07, 6.45) is 1.36. The van der Waals surface area contributed by atoms with E-state index in [2.05, 4.69) is 21.0 Å². The number of benzene rings is 1. The van der Waals surface area contributed by atoms with Crippen LogP contribution in [0.5, 0.6) is 0 Å². The van der Waals surface area contributed by atoms with E-state index < -0.39 is 22.0 Å². The molecule has 2 aromatic rings. The summed E-state index contributed by atoms with van der Waals surface area (Å²) >= 11 is 3.06. The number of carboxylic acid groups (broad SMARTS) is 1. The van der Waals surface area contributed by atoms with Gasteiger partial charge in [-0.15, -0.1) is 0 Å².